The molecule has 0 unspecified atom stereocenters. The number of hydrogen-bond acceptors (Lipinski definition) is 4. The number of nitrogens with one attached hydrogen (secondary N) is 1. The zero-order valence-corrected chi connectivity index (χ0v) is 14.3. The fraction of sp³-hybridized carbons (Fsp3) is 0.278. The van der Waals surface area contributed by atoms with Gasteiger partial charge >= 0.3 is 0 Å². The molecule has 1 aliphatic rings. The highest BCUT2D eigenvalue weighted by Crippen LogP contribution is 2.27. The molecular formula is C18H19ClFN3O2. The Morgan fingerprint density at radius 2 is 1.88 bits per heavy atom. The van der Waals surface area contributed by atoms with Gasteiger partial charge in [-0.05, 0) is 30.3 Å². The van der Waals surface area contributed by atoms with Crippen molar-refractivity contribution in [1.29, 1.82) is 0 Å². The molecule has 0 bridgehead atoms. The second kappa shape index (κ2) is 7.72. The first kappa shape index (κ1) is 17.5. The Morgan fingerprint density at radius 1 is 1.16 bits per heavy atom. The Bertz CT molecular complexity index is 764. The van der Waals surface area contributed by atoms with Gasteiger partial charge in [-0.25, -0.2) is 4.39 Å². The van der Waals surface area contributed by atoms with Gasteiger partial charge < -0.3 is 15.3 Å². The molecular weight excluding hydrogens is 345 g/mol. The fourth-order valence-corrected chi connectivity index (χ4v) is 3.02. The van der Waals surface area contributed by atoms with Crippen molar-refractivity contribution >= 4 is 28.9 Å². The van der Waals surface area contributed by atoms with Crippen LogP contribution in [0.25, 0.3) is 0 Å². The summed E-state index contributed by atoms with van der Waals surface area (Å²) in [5.41, 5.74) is 0.928. The quantitative estimate of drug-likeness (QED) is 0.877. The molecule has 2 aromatic carbocycles. The third kappa shape index (κ3) is 4.41. The van der Waals surface area contributed by atoms with Crippen molar-refractivity contribution in [2.45, 2.75) is 0 Å². The van der Waals surface area contributed by atoms with Crippen LogP contribution in [0.15, 0.2) is 42.5 Å². The fourth-order valence-electron chi connectivity index (χ4n) is 2.86. The van der Waals surface area contributed by atoms with E-state index >= 15 is 0 Å². The Kier molecular flexibility index (Phi) is 5.40. The van der Waals surface area contributed by atoms with Crippen molar-refractivity contribution in [3.05, 3.63) is 53.3 Å². The lowest BCUT2D eigenvalue weighted by molar-refractivity contribution is -0.117. The average Bonchev–Trinajstić information content (AvgIpc) is 2.59. The molecule has 0 spiro atoms. The average molecular weight is 364 g/mol. The van der Waals surface area contributed by atoms with Crippen molar-refractivity contribution < 1.29 is 14.3 Å². The summed E-state index contributed by atoms with van der Waals surface area (Å²) in [7, 11) is 0. The maximum atomic E-state index is 13.7. The van der Waals surface area contributed by atoms with E-state index in [2.05, 4.69) is 10.2 Å². The normalized spacial score (nSPS) is 15.2. The van der Waals surface area contributed by atoms with Gasteiger partial charge in [-0.15, -0.1) is 0 Å². The number of rotatable bonds is 4. The molecule has 5 nitrogen and oxygen atoms in total. The molecule has 1 fully saturated rings. The van der Waals surface area contributed by atoms with E-state index in [1.54, 1.807) is 12.1 Å². The van der Waals surface area contributed by atoms with Crippen LogP contribution in [0.4, 0.5) is 15.8 Å². The monoisotopic (exact) mass is 363 g/mol. The third-order valence-electron chi connectivity index (χ3n) is 4.17. The van der Waals surface area contributed by atoms with Crippen LogP contribution in [0.3, 0.4) is 0 Å². The molecule has 1 saturated heterocycles. The van der Waals surface area contributed by atoms with Gasteiger partial charge in [0.2, 0.25) is 5.91 Å². The van der Waals surface area contributed by atoms with Crippen LogP contribution in [0.2, 0.25) is 5.02 Å². The topological polar surface area (TPSA) is 55.8 Å². The molecule has 25 heavy (non-hydrogen) atoms. The van der Waals surface area contributed by atoms with Gasteiger partial charge in [-0.1, -0.05) is 23.7 Å². The number of amides is 1. The molecule has 1 amide bonds. The number of benzene rings is 2. The summed E-state index contributed by atoms with van der Waals surface area (Å²) in [6, 6.07) is 11.4. The van der Waals surface area contributed by atoms with E-state index in [-0.39, 0.29) is 28.9 Å². The maximum absolute atomic E-state index is 13.7. The van der Waals surface area contributed by atoms with Gasteiger partial charge in [0, 0.05) is 31.2 Å². The Labute approximate surface area is 150 Å². The van der Waals surface area contributed by atoms with E-state index in [4.69, 9.17) is 11.6 Å². The summed E-state index contributed by atoms with van der Waals surface area (Å²) in [4.78, 5) is 16.2. The second-order valence-corrected chi connectivity index (χ2v) is 6.36. The van der Waals surface area contributed by atoms with Crippen LogP contribution >= 0.6 is 11.6 Å². The number of carbonyl (C=O) groups excluding carboxylic acids is 1. The summed E-state index contributed by atoms with van der Waals surface area (Å²) in [5, 5.41) is 12.8. The summed E-state index contributed by atoms with van der Waals surface area (Å²) in [6.45, 7) is 2.98. The molecule has 0 aliphatic carbocycles. The predicted octanol–water partition coefficient (Wildman–Crippen LogP) is 2.95. The lowest BCUT2D eigenvalue weighted by Crippen LogP contribution is -2.48. The molecule has 2 N–H and O–H groups in total. The van der Waals surface area contributed by atoms with Gasteiger partial charge in [0.05, 0.1) is 17.9 Å². The summed E-state index contributed by atoms with van der Waals surface area (Å²) < 4.78 is 13.7. The first-order valence-corrected chi connectivity index (χ1v) is 8.41. The number of hydrogen-bond donors (Lipinski definition) is 2. The van der Waals surface area contributed by atoms with Crippen LogP contribution < -0.4 is 10.2 Å². The first-order valence-electron chi connectivity index (χ1n) is 8.03. The van der Waals surface area contributed by atoms with Gasteiger partial charge in [0.1, 0.15) is 11.6 Å². The number of phenols is 1. The van der Waals surface area contributed by atoms with Crippen molar-refractivity contribution in [1.82, 2.24) is 4.90 Å². The van der Waals surface area contributed by atoms with Crippen LogP contribution in [0.5, 0.6) is 5.75 Å². The first-order chi connectivity index (χ1) is 12.0. The van der Waals surface area contributed by atoms with Crippen LogP contribution in [0, 0.1) is 5.82 Å². The summed E-state index contributed by atoms with van der Waals surface area (Å²) in [6.07, 6.45) is 0. The standard InChI is InChI=1S/C18H19ClFN3O2/c19-13-5-6-15(14(20)11-13)21-18(25)12-22-7-9-23(10-8-22)16-3-1-2-4-17(16)24/h1-6,11,24H,7-10,12H2,(H,21,25). The van der Waals surface area contributed by atoms with Crippen LogP contribution in [-0.2, 0) is 4.79 Å². The van der Waals surface area contributed by atoms with Gasteiger partial charge in [-0.2, -0.15) is 0 Å². The van der Waals surface area contributed by atoms with Gasteiger partial charge in [0.25, 0.3) is 0 Å². The largest absolute Gasteiger partial charge is 0.506 e. The minimum Gasteiger partial charge on any atom is -0.506 e. The van der Waals surface area contributed by atoms with Crippen molar-refractivity contribution in [3.8, 4) is 5.75 Å². The van der Waals surface area contributed by atoms with Crippen LogP contribution in [0.1, 0.15) is 0 Å². The minimum atomic E-state index is -0.551. The van der Waals surface area contributed by atoms with E-state index in [0.717, 1.165) is 5.69 Å². The predicted molar refractivity (Wildman–Crippen MR) is 96.8 cm³/mol. The van der Waals surface area contributed by atoms with Gasteiger partial charge in [-0.3, -0.25) is 9.69 Å². The summed E-state index contributed by atoms with van der Waals surface area (Å²) >= 11 is 5.70. The Morgan fingerprint density at radius 3 is 2.56 bits per heavy atom. The highest BCUT2D eigenvalue weighted by atomic mass is 35.5. The minimum absolute atomic E-state index is 0.127. The SMILES string of the molecule is O=C(CN1CCN(c2ccccc2O)CC1)Nc1ccc(Cl)cc1F. The number of nitrogens with zero attached hydrogens (tertiary/aromatic N) is 2. The number of carbonyl (C=O) groups is 1. The lowest BCUT2D eigenvalue weighted by atomic mass is 10.2. The van der Waals surface area contributed by atoms with Crippen LogP contribution in [-0.4, -0.2) is 48.6 Å². The molecule has 7 heteroatoms. The number of anilines is 2. The van der Waals surface area contributed by atoms with E-state index in [0.29, 0.717) is 26.2 Å². The molecule has 1 aliphatic heterocycles. The second-order valence-electron chi connectivity index (χ2n) is 5.92. The van der Waals surface area contributed by atoms with E-state index < -0.39 is 5.82 Å². The van der Waals surface area contributed by atoms with Gasteiger partial charge in [0.15, 0.2) is 0 Å². The Hall–Kier alpha value is -2.31. The van der Waals surface area contributed by atoms with Crippen molar-refractivity contribution in [3.63, 3.8) is 0 Å². The molecule has 0 saturated carbocycles. The molecule has 0 radical (unpaired) electrons. The molecule has 0 aromatic heterocycles. The third-order valence-corrected chi connectivity index (χ3v) is 4.40. The molecule has 2 aromatic rings. The number of aromatic hydroxyl groups is 1. The van der Waals surface area contributed by atoms with E-state index in [1.165, 1.54) is 18.2 Å². The molecule has 0 atom stereocenters. The number of para-hydroxylation sites is 2. The number of piperazine rings is 1. The smallest absolute Gasteiger partial charge is 0.238 e. The highest BCUT2D eigenvalue weighted by Gasteiger charge is 2.21. The van der Waals surface area contributed by atoms with E-state index in [9.17, 15) is 14.3 Å². The number of halogens is 2. The van der Waals surface area contributed by atoms with Crippen molar-refractivity contribution in [2.75, 3.05) is 42.9 Å². The molecule has 1 heterocycles. The number of phenolic OH excluding ortho intramolecular Hbond substituents is 1. The zero-order valence-electron chi connectivity index (χ0n) is 13.6. The Balaban J connectivity index is 1.52. The molecule has 3 rings (SSSR count). The zero-order chi connectivity index (χ0) is 17.8. The molecule has 132 valence electrons. The lowest BCUT2D eigenvalue weighted by Gasteiger charge is -2.35. The summed E-state index contributed by atoms with van der Waals surface area (Å²) in [5.74, 6) is -0.561. The highest BCUT2D eigenvalue weighted by molar-refractivity contribution is 6.30. The van der Waals surface area contributed by atoms with Crippen molar-refractivity contribution in [2.24, 2.45) is 0 Å². The van der Waals surface area contributed by atoms with E-state index in [1.807, 2.05) is 17.0 Å². The maximum Gasteiger partial charge on any atom is 0.238 e.